The molecule has 0 bridgehead atoms. The summed E-state index contributed by atoms with van der Waals surface area (Å²) < 4.78 is 0. The van der Waals surface area contributed by atoms with E-state index in [2.05, 4.69) is 15.8 Å². The van der Waals surface area contributed by atoms with Gasteiger partial charge in [0.05, 0.1) is 0 Å². The van der Waals surface area contributed by atoms with E-state index in [4.69, 9.17) is 0 Å². The van der Waals surface area contributed by atoms with Crippen molar-refractivity contribution in [3.05, 3.63) is 24.8 Å². The third-order valence-electron chi connectivity index (χ3n) is 0.721. The third kappa shape index (κ3) is 6.30. The van der Waals surface area contributed by atoms with Gasteiger partial charge in [0.25, 0.3) is 0 Å². The lowest BCUT2D eigenvalue weighted by atomic mass is 10.8. The molecule has 0 aromatic carbocycles. The first kappa shape index (κ1) is 10.2. The lowest BCUT2D eigenvalue weighted by Gasteiger charge is -1.91. The standard InChI is InChI=1S/C4H4N2.C2H4N2O2/c1-2-6-4-3-5-1;3-4(1-5)2-6/h1-4H;1-2H,3H2. The van der Waals surface area contributed by atoms with Crippen molar-refractivity contribution in [1.29, 1.82) is 0 Å². The van der Waals surface area contributed by atoms with Crippen molar-refractivity contribution in [2.45, 2.75) is 0 Å². The monoisotopic (exact) mass is 168 g/mol. The van der Waals surface area contributed by atoms with Crippen molar-refractivity contribution in [2.75, 3.05) is 0 Å². The van der Waals surface area contributed by atoms with Gasteiger partial charge in [0, 0.05) is 24.8 Å². The summed E-state index contributed by atoms with van der Waals surface area (Å²) in [5, 5.41) is 0.389. The average Bonchev–Trinajstić information content (AvgIpc) is 2.20. The van der Waals surface area contributed by atoms with E-state index < -0.39 is 0 Å². The Kier molecular flexibility index (Phi) is 6.18. The van der Waals surface area contributed by atoms with Crippen LogP contribution in [-0.2, 0) is 9.59 Å². The first-order valence-corrected chi connectivity index (χ1v) is 2.95. The molecule has 0 aliphatic carbocycles. The van der Waals surface area contributed by atoms with Crippen molar-refractivity contribution in [2.24, 2.45) is 5.84 Å². The predicted octanol–water partition coefficient (Wildman–Crippen LogP) is -1.05. The van der Waals surface area contributed by atoms with Crippen LogP contribution in [0.4, 0.5) is 0 Å². The van der Waals surface area contributed by atoms with E-state index in [1.54, 1.807) is 24.8 Å². The van der Waals surface area contributed by atoms with Crippen LogP contribution in [0, 0.1) is 0 Å². The van der Waals surface area contributed by atoms with Crippen molar-refractivity contribution in [1.82, 2.24) is 15.0 Å². The zero-order chi connectivity index (χ0) is 9.23. The maximum absolute atomic E-state index is 9.31. The molecule has 0 aliphatic heterocycles. The topological polar surface area (TPSA) is 89.2 Å². The zero-order valence-corrected chi connectivity index (χ0v) is 6.20. The molecule has 0 fully saturated rings. The number of aromatic nitrogens is 2. The van der Waals surface area contributed by atoms with E-state index in [1.165, 1.54) is 0 Å². The van der Waals surface area contributed by atoms with Gasteiger partial charge in [-0.05, 0) is 0 Å². The Morgan fingerprint density at radius 3 is 1.42 bits per heavy atom. The molecule has 64 valence electrons. The number of rotatable bonds is 2. The molecule has 1 aromatic heterocycles. The van der Waals surface area contributed by atoms with Crippen LogP contribution in [0.1, 0.15) is 0 Å². The number of amides is 2. The normalized spacial score (nSPS) is 7.42. The van der Waals surface area contributed by atoms with E-state index in [1.807, 2.05) is 0 Å². The van der Waals surface area contributed by atoms with Crippen molar-refractivity contribution >= 4 is 12.8 Å². The molecule has 1 heterocycles. The fourth-order valence-corrected chi connectivity index (χ4v) is 0.278. The third-order valence-corrected chi connectivity index (χ3v) is 0.721. The van der Waals surface area contributed by atoms with Gasteiger partial charge in [0.2, 0.25) is 12.8 Å². The Bertz CT molecular complexity index is 181. The summed E-state index contributed by atoms with van der Waals surface area (Å²) in [5.74, 6) is 4.57. The van der Waals surface area contributed by atoms with Gasteiger partial charge < -0.3 is 0 Å². The Hall–Kier alpha value is -1.82. The number of hydrazine groups is 1. The summed E-state index contributed by atoms with van der Waals surface area (Å²) in [7, 11) is 0. The smallest absolute Gasteiger partial charge is 0.230 e. The summed E-state index contributed by atoms with van der Waals surface area (Å²) in [4.78, 5) is 26.1. The van der Waals surface area contributed by atoms with Crippen molar-refractivity contribution in [3.8, 4) is 0 Å². The van der Waals surface area contributed by atoms with E-state index in [9.17, 15) is 9.59 Å². The molecule has 12 heavy (non-hydrogen) atoms. The van der Waals surface area contributed by atoms with Crippen LogP contribution in [0.25, 0.3) is 0 Å². The molecular formula is C6H8N4O2. The summed E-state index contributed by atoms with van der Waals surface area (Å²) in [5.41, 5.74) is 0. The molecule has 2 N–H and O–H groups in total. The average molecular weight is 168 g/mol. The summed E-state index contributed by atoms with van der Waals surface area (Å²) >= 11 is 0. The molecule has 0 unspecified atom stereocenters. The van der Waals surface area contributed by atoms with E-state index in [0.29, 0.717) is 5.01 Å². The number of nitrogens with two attached hydrogens (primary N) is 1. The Balaban J connectivity index is 0.000000202. The van der Waals surface area contributed by atoms with Gasteiger partial charge in [-0.15, -0.1) is 0 Å². The maximum Gasteiger partial charge on any atom is 0.230 e. The molecule has 6 heteroatoms. The molecule has 0 saturated carbocycles. The van der Waals surface area contributed by atoms with Crippen molar-refractivity contribution < 1.29 is 9.59 Å². The highest BCUT2D eigenvalue weighted by Crippen LogP contribution is 1.65. The molecule has 6 nitrogen and oxygen atoms in total. The highest BCUT2D eigenvalue weighted by molar-refractivity contribution is 5.66. The molecule has 0 atom stereocenters. The predicted molar refractivity (Wildman–Crippen MR) is 40.2 cm³/mol. The molecule has 0 radical (unpaired) electrons. The van der Waals surface area contributed by atoms with Gasteiger partial charge in [0.1, 0.15) is 0 Å². The molecule has 0 aliphatic rings. The number of carbonyl (C=O) groups is 2. The van der Waals surface area contributed by atoms with Gasteiger partial charge in [0.15, 0.2) is 0 Å². The van der Waals surface area contributed by atoms with Gasteiger partial charge in [-0.2, -0.15) is 0 Å². The second kappa shape index (κ2) is 7.29. The van der Waals surface area contributed by atoms with Gasteiger partial charge in [-0.25, -0.2) is 10.9 Å². The van der Waals surface area contributed by atoms with Gasteiger partial charge in [-0.1, -0.05) is 0 Å². The second-order valence-electron chi connectivity index (χ2n) is 1.55. The van der Waals surface area contributed by atoms with Crippen LogP contribution in [-0.4, -0.2) is 27.8 Å². The van der Waals surface area contributed by atoms with Crippen LogP contribution < -0.4 is 5.84 Å². The van der Waals surface area contributed by atoms with Crippen LogP contribution in [0.2, 0.25) is 0 Å². The lowest BCUT2D eigenvalue weighted by molar-refractivity contribution is -0.129. The first-order chi connectivity index (χ1) is 5.81. The fraction of sp³-hybridized carbons (Fsp3) is 0. The summed E-state index contributed by atoms with van der Waals surface area (Å²) in [6.07, 6.45) is 6.99. The lowest BCUT2D eigenvalue weighted by Crippen LogP contribution is -2.26. The quantitative estimate of drug-likeness (QED) is 0.263. The van der Waals surface area contributed by atoms with Crippen LogP contribution in [0.5, 0.6) is 0 Å². The Labute approximate surface area is 69.0 Å². The minimum absolute atomic E-state index is 0.215. The Morgan fingerprint density at radius 2 is 1.33 bits per heavy atom. The number of hydrogen-bond acceptors (Lipinski definition) is 5. The SMILES string of the molecule is NN(C=O)C=O.c1cnccn1. The Morgan fingerprint density at radius 1 is 1.00 bits per heavy atom. The van der Waals surface area contributed by atoms with E-state index in [0.717, 1.165) is 0 Å². The first-order valence-electron chi connectivity index (χ1n) is 2.95. The van der Waals surface area contributed by atoms with E-state index >= 15 is 0 Å². The van der Waals surface area contributed by atoms with Crippen LogP contribution >= 0.6 is 0 Å². The maximum atomic E-state index is 9.31. The molecular weight excluding hydrogens is 160 g/mol. The number of imide groups is 1. The molecule has 1 aromatic rings. The van der Waals surface area contributed by atoms with Crippen LogP contribution in [0.3, 0.4) is 0 Å². The summed E-state index contributed by atoms with van der Waals surface area (Å²) in [6, 6.07) is 0. The minimum Gasteiger partial charge on any atom is -0.277 e. The molecule has 0 saturated heterocycles. The highest BCUT2D eigenvalue weighted by Gasteiger charge is 1.79. The number of hydrogen-bond donors (Lipinski definition) is 1. The summed E-state index contributed by atoms with van der Waals surface area (Å²) in [6.45, 7) is 0. The molecule has 2 amide bonds. The zero-order valence-electron chi connectivity index (χ0n) is 6.20. The van der Waals surface area contributed by atoms with Gasteiger partial charge >= 0.3 is 0 Å². The molecule has 0 spiro atoms. The van der Waals surface area contributed by atoms with Crippen molar-refractivity contribution in [3.63, 3.8) is 0 Å². The molecule has 1 rings (SSSR count). The fourth-order valence-electron chi connectivity index (χ4n) is 0.278. The van der Waals surface area contributed by atoms with Crippen LogP contribution in [0.15, 0.2) is 24.8 Å². The highest BCUT2D eigenvalue weighted by atomic mass is 16.2. The second-order valence-corrected chi connectivity index (χ2v) is 1.55. The number of carbonyl (C=O) groups excluding carboxylic acids is 2. The van der Waals surface area contributed by atoms with Gasteiger partial charge in [-0.3, -0.25) is 19.6 Å². The number of nitrogens with zero attached hydrogens (tertiary/aromatic N) is 3. The minimum atomic E-state index is 0.215. The largest absolute Gasteiger partial charge is 0.277 e. The van der Waals surface area contributed by atoms with E-state index in [-0.39, 0.29) is 12.8 Å².